The number of aromatic nitrogens is 5. The number of esters is 1. The number of nitrogens with one attached hydrogen (secondary N) is 2. The van der Waals surface area contributed by atoms with E-state index in [1.165, 1.54) is 24.1 Å². The molecule has 0 aromatic carbocycles. The lowest BCUT2D eigenvalue weighted by Crippen LogP contribution is -2.30. The number of fused-ring (bicyclic) bond motifs is 1. The van der Waals surface area contributed by atoms with Crippen LogP contribution in [0.1, 0.15) is 41.8 Å². The van der Waals surface area contributed by atoms with Crippen LogP contribution >= 0.6 is 0 Å². The highest BCUT2D eigenvalue weighted by Crippen LogP contribution is 2.20. The molecule has 0 saturated heterocycles. The van der Waals surface area contributed by atoms with Crippen LogP contribution in [0.25, 0.3) is 11.3 Å². The van der Waals surface area contributed by atoms with Gasteiger partial charge in [-0.2, -0.15) is 10.1 Å². The van der Waals surface area contributed by atoms with Gasteiger partial charge in [0.25, 0.3) is 5.56 Å². The summed E-state index contributed by atoms with van der Waals surface area (Å²) >= 11 is 0. The second kappa shape index (κ2) is 8.03. The summed E-state index contributed by atoms with van der Waals surface area (Å²) in [7, 11) is 1.23. The number of carbonyl (C=O) groups is 2. The number of aromatic amines is 1. The SMILES string of the molecule is COC(=O)c1cn(CC(=O)NCCc2nc(C(C)C)no2)cc2c(=O)[nH]nc1-2. The number of pyridine rings is 1. The second-order valence-corrected chi connectivity index (χ2v) is 6.45. The van der Waals surface area contributed by atoms with E-state index in [2.05, 4.69) is 25.7 Å². The number of nitrogens with zero attached hydrogens (tertiary/aromatic N) is 4. The number of ether oxygens (including phenoxy) is 1. The number of hydrogen-bond donors (Lipinski definition) is 2. The molecule has 1 aromatic rings. The average molecular weight is 388 g/mol. The van der Waals surface area contributed by atoms with Crippen LogP contribution in [0.5, 0.6) is 0 Å². The maximum Gasteiger partial charge on any atom is 0.341 e. The first-order valence-corrected chi connectivity index (χ1v) is 8.64. The van der Waals surface area contributed by atoms with E-state index in [0.717, 1.165) is 0 Å². The van der Waals surface area contributed by atoms with Crippen LogP contribution in [-0.2, 0) is 22.5 Å². The van der Waals surface area contributed by atoms with Gasteiger partial charge in [0.15, 0.2) is 5.82 Å². The van der Waals surface area contributed by atoms with E-state index >= 15 is 0 Å². The summed E-state index contributed by atoms with van der Waals surface area (Å²) in [6.07, 6.45) is 3.27. The Morgan fingerprint density at radius 3 is 2.82 bits per heavy atom. The number of H-pyrrole nitrogens is 1. The maximum absolute atomic E-state index is 12.2. The molecule has 28 heavy (non-hydrogen) atoms. The Hall–Kier alpha value is -3.50. The minimum Gasteiger partial charge on any atom is -0.465 e. The van der Waals surface area contributed by atoms with Crippen molar-refractivity contribution >= 4 is 11.9 Å². The van der Waals surface area contributed by atoms with Crippen LogP contribution < -0.4 is 10.9 Å². The Kier molecular flexibility index (Phi) is 5.52. The molecule has 0 bridgehead atoms. The van der Waals surface area contributed by atoms with Gasteiger partial charge < -0.3 is 19.1 Å². The summed E-state index contributed by atoms with van der Waals surface area (Å²) in [6.45, 7) is 4.14. The van der Waals surface area contributed by atoms with E-state index in [-0.39, 0.29) is 35.2 Å². The molecule has 3 heterocycles. The van der Waals surface area contributed by atoms with Crippen LogP contribution in [0.4, 0.5) is 0 Å². The van der Waals surface area contributed by atoms with Crippen LogP contribution in [0.2, 0.25) is 0 Å². The third-order valence-corrected chi connectivity index (χ3v) is 4.01. The molecular formula is C17H20N6O5. The van der Waals surface area contributed by atoms with Gasteiger partial charge in [0.2, 0.25) is 11.8 Å². The molecule has 1 aromatic heterocycles. The van der Waals surface area contributed by atoms with Crippen molar-refractivity contribution in [1.29, 1.82) is 0 Å². The van der Waals surface area contributed by atoms with Crippen LogP contribution in [0.15, 0.2) is 21.7 Å². The smallest absolute Gasteiger partial charge is 0.341 e. The topological polar surface area (TPSA) is 145 Å². The van der Waals surface area contributed by atoms with Gasteiger partial charge in [0.1, 0.15) is 17.8 Å². The maximum atomic E-state index is 12.2. The summed E-state index contributed by atoms with van der Waals surface area (Å²) < 4.78 is 11.3. The zero-order valence-corrected chi connectivity index (χ0v) is 15.7. The lowest BCUT2D eigenvalue weighted by molar-refractivity contribution is -0.121. The van der Waals surface area contributed by atoms with E-state index in [1.807, 2.05) is 13.8 Å². The van der Waals surface area contributed by atoms with Crippen molar-refractivity contribution in [2.24, 2.45) is 0 Å². The first-order chi connectivity index (χ1) is 13.4. The lowest BCUT2D eigenvalue weighted by atomic mass is 10.1. The van der Waals surface area contributed by atoms with Crippen molar-refractivity contribution in [3.05, 3.63) is 40.0 Å². The molecule has 2 aliphatic rings. The highest BCUT2D eigenvalue weighted by molar-refractivity contribution is 5.96. The van der Waals surface area contributed by atoms with Crippen molar-refractivity contribution in [2.45, 2.75) is 32.7 Å². The molecule has 0 saturated carbocycles. The second-order valence-electron chi connectivity index (χ2n) is 6.45. The average Bonchev–Trinajstić information content (AvgIpc) is 3.28. The largest absolute Gasteiger partial charge is 0.465 e. The predicted octanol–water partition coefficient (Wildman–Crippen LogP) is 0.328. The fraction of sp³-hybridized carbons (Fsp3) is 0.412. The molecule has 2 aliphatic heterocycles. The number of amides is 1. The molecule has 0 radical (unpaired) electrons. The first-order valence-electron chi connectivity index (χ1n) is 8.64. The number of carbonyl (C=O) groups excluding carboxylic acids is 2. The Morgan fingerprint density at radius 1 is 1.36 bits per heavy atom. The van der Waals surface area contributed by atoms with Crippen LogP contribution in [-0.4, -0.2) is 50.4 Å². The standard InChI is InChI=1S/C17H20N6O5/c1-9(2)15-19-13(28-22-15)4-5-18-12(24)8-23-6-10-14(20-21-16(10)25)11(7-23)17(26)27-3/h6-7,9H,4-5,8H2,1-3H3,(H,18,24)(H,21,25). The van der Waals surface area contributed by atoms with Gasteiger partial charge in [0.05, 0.1) is 12.7 Å². The summed E-state index contributed by atoms with van der Waals surface area (Å²) in [5, 5.41) is 12.7. The zero-order valence-electron chi connectivity index (χ0n) is 15.7. The van der Waals surface area contributed by atoms with Gasteiger partial charge in [0, 0.05) is 31.3 Å². The van der Waals surface area contributed by atoms with Gasteiger partial charge in [-0.25, -0.2) is 9.89 Å². The minimum atomic E-state index is -0.649. The van der Waals surface area contributed by atoms with E-state index in [0.29, 0.717) is 24.7 Å². The van der Waals surface area contributed by atoms with E-state index in [4.69, 9.17) is 9.26 Å². The zero-order chi connectivity index (χ0) is 20.3. The van der Waals surface area contributed by atoms with Gasteiger partial charge in [-0.3, -0.25) is 9.59 Å². The third-order valence-electron chi connectivity index (χ3n) is 4.01. The lowest BCUT2D eigenvalue weighted by Gasteiger charge is -2.11. The molecule has 2 N–H and O–H groups in total. The quantitative estimate of drug-likeness (QED) is 0.551. The van der Waals surface area contributed by atoms with Crippen molar-refractivity contribution in [2.75, 3.05) is 13.7 Å². The van der Waals surface area contributed by atoms with Gasteiger partial charge in [-0.1, -0.05) is 19.0 Å². The van der Waals surface area contributed by atoms with Crippen molar-refractivity contribution in [3.8, 4) is 11.3 Å². The summed E-state index contributed by atoms with van der Waals surface area (Å²) in [6, 6.07) is 0. The fourth-order valence-electron chi connectivity index (χ4n) is 2.58. The Bertz CT molecular complexity index is 1020. The van der Waals surface area contributed by atoms with E-state index in [1.54, 1.807) is 0 Å². The molecule has 0 aliphatic carbocycles. The number of rotatable bonds is 7. The molecule has 1 amide bonds. The molecule has 148 valence electrons. The van der Waals surface area contributed by atoms with Gasteiger partial charge in [-0.05, 0) is 0 Å². The monoisotopic (exact) mass is 388 g/mol. The first kappa shape index (κ1) is 19.3. The van der Waals surface area contributed by atoms with Crippen molar-refractivity contribution < 1.29 is 18.8 Å². The molecule has 3 rings (SSSR count). The summed E-state index contributed by atoms with van der Waals surface area (Å²) in [5.74, 6) is 0.272. The number of methoxy groups -OCH3 is 1. The minimum absolute atomic E-state index is 0.0916. The molecule has 0 unspecified atom stereocenters. The van der Waals surface area contributed by atoms with Crippen molar-refractivity contribution in [3.63, 3.8) is 0 Å². The Balaban J connectivity index is 1.65. The molecule has 0 atom stereocenters. The normalized spacial score (nSPS) is 11.1. The Morgan fingerprint density at radius 2 is 2.14 bits per heavy atom. The van der Waals surface area contributed by atoms with Crippen LogP contribution in [0.3, 0.4) is 0 Å². The highest BCUT2D eigenvalue weighted by atomic mass is 16.5. The van der Waals surface area contributed by atoms with Gasteiger partial charge in [-0.15, -0.1) is 0 Å². The van der Waals surface area contributed by atoms with E-state index in [9.17, 15) is 14.4 Å². The molecule has 0 spiro atoms. The summed E-state index contributed by atoms with van der Waals surface area (Å²) in [5.41, 5.74) is 0.0409. The molecular weight excluding hydrogens is 368 g/mol. The van der Waals surface area contributed by atoms with E-state index < -0.39 is 11.5 Å². The molecule has 11 heteroatoms. The molecule has 0 fully saturated rings. The Labute approximate surface area is 159 Å². The van der Waals surface area contributed by atoms with Crippen molar-refractivity contribution in [1.82, 2.24) is 30.2 Å². The summed E-state index contributed by atoms with van der Waals surface area (Å²) in [4.78, 5) is 40.2. The predicted molar refractivity (Wildman–Crippen MR) is 95.9 cm³/mol. The number of hydrogen-bond acceptors (Lipinski definition) is 8. The fourth-order valence-corrected chi connectivity index (χ4v) is 2.58. The van der Waals surface area contributed by atoms with Crippen LogP contribution in [0, 0.1) is 0 Å². The van der Waals surface area contributed by atoms with Gasteiger partial charge >= 0.3 is 5.97 Å². The third kappa shape index (κ3) is 4.08. The molecule has 11 nitrogen and oxygen atoms in total. The highest BCUT2D eigenvalue weighted by Gasteiger charge is 2.22.